The van der Waals surface area contributed by atoms with Crippen LogP contribution in [-0.4, -0.2) is 38.0 Å². The van der Waals surface area contributed by atoms with E-state index in [1.165, 1.54) is 7.11 Å². The molecule has 2 aromatic carbocycles. The predicted octanol–water partition coefficient (Wildman–Crippen LogP) is 2.85. The van der Waals surface area contributed by atoms with Gasteiger partial charge in [0, 0.05) is 30.4 Å². The molecule has 1 aliphatic heterocycles. The van der Waals surface area contributed by atoms with Crippen molar-refractivity contribution in [2.75, 3.05) is 30.5 Å². The minimum Gasteiger partial charge on any atom is -0.497 e. The Morgan fingerprint density at radius 2 is 1.97 bits per heavy atom. The topological polar surface area (TPSA) is 84.9 Å². The maximum absolute atomic E-state index is 12.4. The van der Waals surface area contributed by atoms with E-state index in [1.807, 2.05) is 32.0 Å². The lowest BCUT2D eigenvalue weighted by atomic mass is 10.1. The highest BCUT2D eigenvalue weighted by Crippen LogP contribution is 2.29. The summed E-state index contributed by atoms with van der Waals surface area (Å²) < 4.78 is 10.2. The maximum atomic E-state index is 12.4. The number of aryl methyl sites for hydroxylation is 2. The van der Waals surface area contributed by atoms with E-state index in [4.69, 9.17) is 9.47 Å². The number of esters is 1. The smallest absolute Gasteiger partial charge is 0.311 e. The first-order valence-electron chi connectivity index (χ1n) is 9.35. The van der Waals surface area contributed by atoms with E-state index >= 15 is 0 Å². The lowest BCUT2D eigenvalue weighted by Gasteiger charge is -2.19. The van der Waals surface area contributed by atoms with Crippen molar-refractivity contribution in [2.45, 2.75) is 20.3 Å². The van der Waals surface area contributed by atoms with E-state index in [9.17, 15) is 14.4 Å². The highest BCUT2D eigenvalue weighted by Gasteiger charge is 2.36. The van der Waals surface area contributed by atoms with Crippen LogP contribution in [0.5, 0.6) is 5.75 Å². The molecule has 152 valence electrons. The number of ether oxygens (including phenoxy) is 2. The van der Waals surface area contributed by atoms with Gasteiger partial charge in [-0.25, -0.2) is 0 Å². The second-order valence-electron chi connectivity index (χ2n) is 7.08. The van der Waals surface area contributed by atoms with Crippen LogP contribution in [0.4, 0.5) is 11.4 Å². The molecule has 7 heteroatoms. The molecule has 1 fully saturated rings. The van der Waals surface area contributed by atoms with Gasteiger partial charge in [-0.15, -0.1) is 0 Å². The van der Waals surface area contributed by atoms with Crippen LogP contribution >= 0.6 is 0 Å². The molecule has 29 heavy (non-hydrogen) atoms. The van der Waals surface area contributed by atoms with Gasteiger partial charge in [-0.05, 0) is 37.6 Å². The third-order valence-electron chi connectivity index (χ3n) is 4.80. The molecule has 0 radical (unpaired) electrons. The van der Waals surface area contributed by atoms with Crippen LogP contribution in [0.3, 0.4) is 0 Å². The minimum absolute atomic E-state index is 0.0731. The molecule has 0 aliphatic carbocycles. The zero-order valence-corrected chi connectivity index (χ0v) is 16.7. The van der Waals surface area contributed by atoms with Gasteiger partial charge in [0.25, 0.3) is 5.91 Å². The number of amides is 2. The summed E-state index contributed by atoms with van der Waals surface area (Å²) in [4.78, 5) is 38.4. The Morgan fingerprint density at radius 3 is 2.69 bits per heavy atom. The molecule has 7 nitrogen and oxygen atoms in total. The molecule has 1 N–H and O–H groups in total. The van der Waals surface area contributed by atoms with Crippen molar-refractivity contribution < 1.29 is 23.9 Å². The molecule has 3 rings (SSSR count). The number of carbonyl (C=O) groups excluding carboxylic acids is 3. The molecule has 2 aromatic rings. The number of hydrogen-bond acceptors (Lipinski definition) is 5. The quantitative estimate of drug-likeness (QED) is 0.759. The summed E-state index contributed by atoms with van der Waals surface area (Å²) >= 11 is 0. The normalized spacial score (nSPS) is 15.9. The zero-order chi connectivity index (χ0) is 21.0. The standard InChI is InChI=1S/C22H24N2O5/c1-14-7-8-19(15(2)9-14)24-12-16(10-21(24)26)22(27)29-13-20(25)23-17-5-4-6-18(11-17)28-3/h4-9,11,16H,10,12-13H2,1-3H3,(H,23,25)/t16-/m0/s1. The second kappa shape index (κ2) is 8.77. The van der Waals surface area contributed by atoms with Crippen molar-refractivity contribution in [3.05, 3.63) is 53.6 Å². The van der Waals surface area contributed by atoms with Gasteiger partial charge in [-0.2, -0.15) is 0 Å². The summed E-state index contributed by atoms with van der Waals surface area (Å²) in [6.45, 7) is 3.76. The number of nitrogens with one attached hydrogen (secondary N) is 1. The van der Waals surface area contributed by atoms with Gasteiger partial charge in [0.15, 0.2) is 6.61 Å². The molecule has 1 heterocycles. The average molecular weight is 396 g/mol. The van der Waals surface area contributed by atoms with Crippen LogP contribution < -0.4 is 15.0 Å². The number of nitrogens with zero attached hydrogens (tertiary/aromatic N) is 1. The third kappa shape index (κ3) is 4.93. The molecule has 0 saturated carbocycles. The van der Waals surface area contributed by atoms with Gasteiger partial charge >= 0.3 is 5.97 Å². The van der Waals surface area contributed by atoms with E-state index < -0.39 is 24.4 Å². The number of rotatable bonds is 6. The molecule has 0 unspecified atom stereocenters. The van der Waals surface area contributed by atoms with Crippen LogP contribution in [-0.2, 0) is 19.1 Å². The highest BCUT2D eigenvalue weighted by atomic mass is 16.5. The fourth-order valence-corrected chi connectivity index (χ4v) is 3.36. The Kier molecular flexibility index (Phi) is 6.16. The number of carbonyl (C=O) groups is 3. The SMILES string of the molecule is COc1cccc(NC(=O)COC(=O)[C@H]2CC(=O)N(c3ccc(C)cc3C)C2)c1. The summed E-state index contributed by atoms with van der Waals surface area (Å²) in [5.74, 6) is -1.11. The summed E-state index contributed by atoms with van der Waals surface area (Å²) in [5.41, 5.74) is 3.43. The first-order chi connectivity index (χ1) is 13.9. The zero-order valence-electron chi connectivity index (χ0n) is 16.7. The van der Waals surface area contributed by atoms with E-state index in [1.54, 1.807) is 29.2 Å². The van der Waals surface area contributed by atoms with Crippen molar-refractivity contribution >= 4 is 29.2 Å². The van der Waals surface area contributed by atoms with E-state index in [0.717, 1.165) is 16.8 Å². The lowest BCUT2D eigenvalue weighted by Crippen LogP contribution is -2.28. The molecule has 1 atom stereocenters. The summed E-state index contributed by atoms with van der Waals surface area (Å²) in [7, 11) is 1.53. The molecule has 1 saturated heterocycles. The molecule has 1 aliphatic rings. The molecule has 0 bridgehead atoms. The fourth-order valence-electron chi connectivity index (χ4n) is 3.36. The van der Waals surface area contributed by atoms with Crippen LogP contribution in [0.15, 0.2) is 42.5 Å². The van der Waals surface area contributed by atoms with Gasteiger partial charge < -0.3 is 19.7 Å². The first-order valence-corrected chi connectivity index (χ1v) is 9.35. The lowest BCUT2D eigenvalue weighted by molar-refractivity contribution is -0.151. The maximum Gasteiger partial charge on any atom is 0.311 e. The van der Waals surface area contributed by atoms with Crippen molar-refractivity contribution in [2.24, 2.45) is 5.92 Å². The van der Waals surface area contributed by atoms with Gasteiger partial charge in [-0.1, -0.05) is 23.8 Å². The molecule has 0 aromatic heterocycles. The van der Waals surface area contributed by atoms with Crippen LogP contribution in [0.1, 0.15) is 17.5 Å². The number of anilines is 2. The molecular weight excluding hydrogens is 372 g/mol. The molecule has 2 amide bonds. The Morgan fingerprint density at radius 1 is 1.17 bits per heavy atom. The largest absolute Gasteiger partial charge is 0.497 e. The van der Waals surface area contributed by atoms with Gasteiger partial charge in [-0.3, -0.25) is 14.4 Å². The third-order valence-corrected chi connectivity index (χ3v) is 4.80. The van der Waals surface area contributed by atoms with Crippen LogP contribution in [0.25, 0.3) is 0 Å². The summed E-state index contributed by atoms with van der Waals surface area (Å²) in [6.07, 6.45) is 0.0731. The monoisotopic (exact) mass is 396 g/mol. The Labute approximate surface area is 169 Å². The Hall–Kier alpha value is -3.35. The van der Waals surface area contributed by atoms with Crippen LogP contribution in [0, 0.1) is 19.8 Å². The van der Waals surface area contributed by atoms with Crippen molar-refractivity contribution in [3.63, 3.8) is 0 Å². The van der Waals surface area contributed by atoms with Gasteiger partial charge in [0.05, 0.1) is 13.0 Å². The molecule has 0 spiro atoms. The second-order valence-corrected chi connectivity index (χ2v) is 7.08. The van der Waals surface area contributed by atoms with Gasteiger partial charge in [0.1, 0.15) is 5.75 Å². The van der Waals surface area contributed by atoms with Gasteiger partial charge in [0.2, 0.25) is 5.91 Å². The summed E-state index contributed by atoms with van der Waals surface area (Å²) in [6, 6.07) is 12.7. The fraction of sp³-hybridized carbons (Fsp3) is 0.318. The van der Waals surface area contributed by atoms with E-state index in [0.29, 0.717) is 11.4 Å². The first kappa shape index (κ1) is 20.4. The highest BCUT2D eigenvalue weighted by molar-refractivity contribution is 6.00. The Bertz CT molecular complexity index is 941. The van der Waals surface area contributed by atoms with E-state index in [2.05, 4.69) is 5.32 Å². The number of hydrogen-bond donors (Lipinski definition) is 1. The summed E-state index contributed by atoms with van der Waals surface area (Å²) in [5, 5.41) is 2.65. The van der Waals surface area contributed by atoms with Crippen molar-refractivity contribution in [1.29, 1.82) is 0 Å². The van der Waals surface area contributed by atoms with Crippen molar-refractivity contribution in [3.8, 4) is 5.75 Å². The number of benzene rings is 2. The average Bonchev–Trinajstić information content (AvgIpc) is 3.08. The Balaban J connectivity index is 1.54. The number of methoxy groups -OCH3 is 1. The van der Waals surface area contributed by atoms with E-state index in [-0.39, 0.29) is 18.9 Å². The van der Waals surface area contributed by atoms with Crippen LogP contribution in [0.2, 0.25) is 0 Å². The molecular formula is C22H24N2O5. The predicted molar refractivity (Wildman–Crippen MR) is 109 cm³/mol. The minimum atomic E-state index is -0.590. The van der Waals surface area contributed by atoms with Crippen molar-refractivity contribution in [1.82, 2.24) is 0 Å².